The molecule has 0 spiro atoms. The zero-order chi connectivity index (χ0) is 15.6. The molecule has 10 heteroatoms. The minimum atomic E-state index is -5.11. The first-order valence-electron chi connectivity index (χ1n) is 5.40. The second kappa shape index (κ2) is 5.71. The molecule has 1 aliphatic heterocycles. The molecule has 20 heavy (non-hydrogen) atoms. The van der Waals surface area contributed by atoms with Crippen LogP contribution < -0.4 is 0 Å². The highest BCUT2D eigenvalue weighted by atomic mass is 19.4. The highest BCUT2D eigenvalue weighted by Crippen LogP contribution is 2.21. The lowest BCUT2D eigenvalue weighted by molar-refractivity contribution is -0.188. The summed E-state index contributed by atoms with van der Waals surface area (Å²) in [5, 5.41) is 0. The molecule has 0 saturated carbocycles. The second-order valence-corrected chi connectivity index (χ2v) is 3.97. The average molecular weight is 304 g/mol. The SMILES string of the molecule is O=C(N1C/C=C\CN(C(=O)C(F)(F)F)CC1)C(F)(F)F. The van der Waals surface area contributed by atoms with Crippen LogP contribution in [0.5, 0.6) is 0 Å². The van der Waals surface area contributed by atoms with Crippen molar-refractivity contribution in [3.8, 4) is 0 Å². The number of carbonyl (C=O) groups is 2. The molecule has 0 aliphatic carbocycles. The Bertz CT molecular complexity index is 377. The standard InChI is InChI=1S/C10H10F6N2O2/c11-9(12,13)7(19)17-3-1-2-4-18(6-5-17)8(20)10(14,15)16/h1-2H,3-6H2/b2-1-. The van der Waals surface area contributed by atoms with Crippen LogP contribution in [0.3, 0.4) is 0 Å². The van der Waals surface area contributed by atoms with E-state index >= 15 is 0 Å². The summed E-state index contributed by atoms with van der Waals surface area (Å²) >= 11 is 0. The van der Waals surface area contributed by atoms with E-state index in [1.165, 1.54) is 0 Å². The van der Waals surface area contributed by atoms with Crippen LogP contribution in [0.4, 0.5) is 26.3 Å². The minimum Gasteiger partial charge on any atom is -0.329 e. The van der Waals surface area contributed by atoms with Crippen molar-refractivity contribution in [2.24, 2.45) is 0 Å². The van der Waals surface area contributed by atoms with Crippen molar-refractivity contribution in [2.75, 3.05) is 26.2 Å². The fourth-order valence-corrected chi connectivity index (χ4v) is 1.56. The van der Waals surface area contributed by atoms with Gasteiger partial charge in [-0.1, -0.05) is 12.2 Å². The maximum Gasteiger partial charge on any atom is 0.471 e. The van der Waals surface area contributed by atoms with Crippen molar-refractivity contribution in [3.05, 3.63) is 12.2 Å². The molecular formula is C10H10F6N2O2. The van der Waals surface area contributed by atoms with E-state index in [1.54, 1.807) is 0 Å². The number of rotatable bonds is 0. The zero-order valence-electron chi connectivity index (χ0n) is 9.96. The Morgan fingerprint density at radius 2 is 1.05 bits per heavy atom. The van der Waals surface area contributed by atoms with Gasteiger partial charge in [0, 0.05) is 26.2 Å². The molecule has 0 radical (unpaired) electrons. The van der Waals surface area contributed by atoms with E-state index in [-0.39, 0.29) is 13.1 Å². The molecule has 0 fully saturated rings. The quantitative estimate of drug-likeness (QED) is 0.500. The number of carbonyl (C=O) groups excluding carboxylic acids is 2. The molecule has 0 saturated heterocycles. The van der Waals surface area contributed by atoms with Gasteiger partial charge in [-0.2, -0.15) is 26.3 Å². The second-order valence-electron chi connectivity index (χ2n) is 3.97. The molecule has 0 atom stereocenters. The van der Waals surface area contributed by atoms with Crippen molar-refractivity contribution >= 4 is 11.8 Å². The molecule has 1 rings (SSSR count). The Balaban J connectivity index is 2.79. The monoisotopic (exact) mass is 304 g/mol. The third-order valence-electron chi connectivity index (χ3n) is 2.52. The summed E-state index contributed by atoms with van der Waals surface area (Å²) in [5.41, 5.74) is 0. The summed E-state index contributed by atoms with van der Waals surface area (Å²) in [4.78, 5) is 22.7. The average Bonchev–Trinajstić information content (AvgIpc) is 2.25. The summed E-state index contributed by atoms with van der Waals surface area (Å²) in [6.45, 7) is -1.98. The predicted molar refractivity (Wildman–Crippen MR) is 54.4 cm³/mol. The highest BCUT2D eigenvalue weighted by molar-refractivity contribution is 5.83. The van der Waals surface area contributed by atoms with Crippen molar-refractivity contribution in [3.63, 3.8) is 0 Å². The van der Waals surface area contributed by atoms with Gasteiger partial charge in [-0.25, -0.2) is 0 Å². The lowest BCUT2D eigenvalue weighted by atomic mass is 10.3. The Morgan fingerprint density at radius 3 is 1.30 bits per heavy atom. The number of amides is 2. The zero-order valence-corrected chi connectivity index (χ0v) is 9.96. The molecule has 0 bridgehead atoms. The van der Waals surface area contributed by atoms with E-state index in [0.29, 0.717) is 9.80 Å². The minimum absolute atomic E-state index is 0.340. The summed E-state index contributed by atoms with van der Waals surface area (Å²) in [7, 11) is 0. The van der Waals surface area contributed by atoms with Crippen LogP contribution in [0.25, 0.3) is 0 Å². The first-order valence-corrected chi connectivity index (χ1v) is 5.40. The molecular weight excluding hydrogens is 294 g/mol. The van der Waals surface area contributed by atoms with Crippen LogP contribution in [0.2, 0.25) is 0 Å². The molecule has 0 N–H and O–H groups in total. The van der Waals surface area contributed by atoms with Gasteiger partial charge in [0.15, 0.2) is 0 Å². The van der Waals surface area contributed by atoms with Gasteiger partial charge in [0.2, 0.25) is 0 Å². The van der Waals surface area contributed by atoms with Gasteiger partial charge in [0.1, 0.15) is 0 Å². The number of nitrogens with zero attached hydrogens (tertiary/aromatic N) is 2. The highest BCUT2D eigenvalue weighted by Gasteiger charge is 2.44. The van der Waals surface area contributed by atoms with Crippen LogP contribution in [-0.2, 0) is 9.59 Å². The summed E-state index contributed by atoms with van der Waals surface area (Å²) in [5.74, 6) is -4.30. The summed E-state index contributed by atoms with van der Waals surface area (Å²) in [6.07, 6.45) is -7.99. The van der Waals surface area contributed by atoms with E-state index in [0.717, 1.165) is 12.2 Å². The topological polar surface area (TPSA) is 40.6 Å². The first kappa shape index (κ1) is 16.3. The fraction of sp³-hybridized carbons (Fsp3) is 0.600. The van der Waals surface area contributed by atoms with Crippen molar-refractivity contribution < 1.29 is 35.9 Å². The van der Waals surface area contributed by atoms with Gasteiger partial charge >= 0.3 is 24.2 Å². The Hall–Kier alpha value is -1.74. The van der Waals surface area contributed by atoms with E-state index in [9.17, 15) is 35.9 Å². The van der Waals surface area contributed by atoms with Gasteiger partial charge in [-0.05, 0) is 0 Å². The normalized spacial score (nSPS) is 19.3. The van der Waals surface area contributed by atoms with Crippen molar-refractivity contribution in [1.29, 1.82) is 0 Å². The lowest BCUT2D eigenvalue weighted by Crippen LogP contribution is -2.49. The molecule has 1 aliphatic rings. The Labute approximate surface area is 109 Å². The molecule has 1 heterocycles. The Kier molecular flexibility index (Phi) is 4.66. The maximum atomic E-state index is 12.2. The molecule has 0 unspecified atom stereocenters. The van der Waals surface area contributed by atoms with E-state index < -0.39 is 37.3 Å². The molecule has 0 aromatic rings. The number of alkyl halides is 6. The first-order chi connectivity index (χ1) is 9.03. The van der Waals surface area contributed by atoms with Crippen LogP contribution in [0.15, 0.2) is 12.2 Å². The molecule has 0 aromatic carbocycles. The molecule has 2 amide bonds. The van der Waals surface area contributed by atoms with E-state index in [4.69, 9.17) is 0 Å². The summed E-state index contributed by atoms with van der Waals surface area (Å²) < 4.78 is 73.4. The van der Waals surface area contributed by atoms with Crippen molar-refractivity contribution in [1.82, 2.24) is 9.80 Å². The third kappa shape index (κ3) is 4.14. The number of halogens is 6. The van der Waals surface area contributed by atoms with Crippen LogP contribution in [0, 0.1) is 0 Å². The molecule has 0 aromatic heterocycles. The Morgan fingerprint density at radius 1 is 0.750 bits per heavy atom. The van der Waals surface area contributed by atoms with Gasteiger partial charge < -0.3 is 9.80 Å². The molecule has 4 nitrogen and oxygen atoms in total. The van der Waals surface area contributed by atoms with Crippen LogP contribution >= 0.6 is 0 Å². The van der Waals surface area contributed by atoms with Crippen LogP contribution in [-0.4, -0.2) is 60.1 Å². The van der Waals surface area contributed by atoms with E-state index in [1.807, 2.05) is 0 Å². The van der Waals surface area contributed by atoms with Gasteiger partial charge in [0.25, 0.3) is 0 Å². The predicted octanol–water partition coefficient (Wildman–Crippen LogP) is 1.34. The lowest BCUT2D eigenvalue weighted by Gasteiger charge is -2.29. The van der Waals surface area contributed by atoms with Gasteiger partial charge in [-0.3, -0.25) is 9.59 Å². The third-order valence-corrected chi connectivity index (χ3v) is 2.52. The summed E-state index contributed by atoms with van der Waals surface area (Å²) in [6, 6.07) is 0. The fourth-order valence-electron chi connectivity index (χ4n) is 1.56. The van der Waals surface area contributed by atoms with Gasteiger partial charge in [0.05, 0.1) is 0 Å². The van der Waals surface area contributed by atoms with E-state index in [2.05, 4.69) is 0 Å². The molecule has 114 valence electrons. The number of hydrogen-bond acceptors (Lipinski definition) is 2. The maximum absolute atomic E-state index is 12.2. The smallest absolute Gasteiger partial charge is 0.329 e. The van der Waals surface area contributed by atoms with Crippen molar-refractivity contribution in [2.45, 2.75) is 12.4 Å². The largest absolute Gasteiger partial charge is 0.471 e. The van der Waals surface area contributed by atoms with Crippen LogP contribution in [0.1, 0.15) is 0 Å². The van der Waals surface area contributed by atoms with Gasteiger partial charge in [-0.15, -0.1) is 0 Å². The number of hydrogen-bond donors (Lipinski definition) is 0.